The van der Waals surface area contributed by atoms with E-state index >= 15 is 0 Å². The van der Waals surface area contributed by atoms with Crippen LogP contribution in [0.1, 0.15) is 22.8 Å². The van der Waals surface area contributed by atoms with E-state index in [0.717, 1.165) is 22.1 Å². The van der Waals surface area contributed by atoms with Gasteiger partial charge in [-0.3, -0.25) is 10.1 Å². The lowest BCUT2D eigenvalue weighted by atomic mass is 10.1. The Kier molecular flexibility index (Phi) is 6.34. The Balaban J connectivity index is 2.08. The largest absolute Gasteiger partial charge is 0.332 e. The molecule has 0 atom stereocenters. The molecule has 0 fully saturated rings. The first-order valence-electron chi connectivity index (χ1n) is 6.66. The maximum Gasteiger partial charge on any atom is 0.258 e. The van der Waals surface area contributed by atoms with E-state index < -0.39 is 0 Å². The molecule has 0 bridgehead atoms. The minimum Gasteiger partial charge on any atom is -0.332 e. The van der Waals surface area contributed by atoms with Crippen LogP contribution in [0.4, 0.5) is 5.69 Å². The van der Waals surface area contributed by atoms with Gasteiger partial charge in [0.05, 0.1) is 5.56 Å². The number of amides is 1. The maximum atomic E-state index is 12.2. The van der Waals surface area contributed by atoms with Gasteiger partial charge in [-0.1, -0.05) is 19.1 Å². The van der Waals surface area contributed by atoms with Crippen LogP contribution >= 0.6 is 50.7 Å². The van der Waals surface area contributed by atoms with Crippen LogP contribution in [-0.2, 0) is 6.42 Å². The van der Waals surface area contributed by atoms with Gasteiger partial charge in [-0.2, -0.15) is 0 Å². The molecule has 0 aliphatic carbocycles. The number of carbonyl (C=O) groups is 1. The van der Waals surface area contributed by atoms with Gasteiger partial charge in [0.2, 0.25) is 0 Å². The fourth-order valence-electron chi connectivity index (χ4n) is 1.95. The van der Waals surface area contributed by atoms with Crippen molar-refractivity contribution >= 4 is 67.4 Å². The summed E-state index contributed by atoms with van der Waals surface area (Å²) in [6.07, 6.45) is 0.889. The molecule has 0 saturated carbocycles. The average Bonchev–Trinajstić information content (AvgIpc) is 2.49. The Morgan fingerprint density at radius 2 is 2.00 bits per heavy atom. The predicted octanol–water partition coefficient (Wildman–Crippen LogP) is 4.74. The first-order chi connectivity index (χ1) is 10.5. The number of nitrogens with one attached hydrogen (secondary N) is 2. The van der Waals surface area contributed by atoms with Crippen molar-refractivity contribution in [1.82, 2.24) is 5.32 Å². The Bertz CT molecular complexity index is 721. The van der Waals surface area contributed by atoms with Gasteiger partial charge >= 0.3 is 0 Å². The van der Waals surface area contributed by atoms with E-state index in [0.29, 0.717) is 5.56 Å². The van der Waals surface area contributed by atoms with Crippen molar-refractivity contribution < 1.29 is 4.79 Å². The van der Waals surface area contributed by atoms with Gasteiger partial charge in [0.15, 0.2) is 5.11 Å². The first kappa shape index (κ1) is 17.4. The lowest BCUT2D eigenvalue weighted by molar-refractivity contribution is 0.0977. The third kappa shape index (κ3) is 4.50. The summed E-state index contributed by atoms with van der Waals surface area (Å²) in [4.78, 5) is 12.2. The molecule has 2 N–H and O–H groups in total. The Morgan fingerprint density at radius 3 is 2.68 bits per heavy atom. The maximum absolute atomic E-state index is 12.2. The number of rotatable bonds is 3. The minimum atomic E-state index is -0.242. The molecular weight excluding hydrogens is 475 g/mol. The number of hydrogen-bond acceptors (Lipinski definition) is 2. The number of aryl methyl sites for hydroxylation is 1. The number of hydrogen-bond donors (Lipinski definition) is 2. The van der Waals surface area contributed by atoms with Crippen molar-refractivity contribution in [1.29, 1.82) is 0 Å². The second-order valence-electron chi connectivity index (χ2n) is 4.54. The quantitative estimate of drug-likeness (QED) is 0.484. The van der Waals surface area contributed by atoms with E-state index in [4.69, 9.17) is 12.2 Å². The van der Waals surface area contributed by atoms with Crippen LogP contribution in [-0.4, -0.2) is 11.0 Å². The van der Waals surface area contributed by atoms with Crippen LogP contribution in [0.25, 0.3) is 0 Å². The highest BCUT2D eigenvalue weighted by Crippen LogP contribution is 2.20. The number of halogens is 2. The zero-order valence-electron chi connectivity index (χ0n) is 11.8. The van der Waals surface area contributed by atoms with Crippen molar-refractivity contribution in [2.75, 3.05) is 5.32 Å². The average molecular weight is 489 g/mol. The summed E-state index contributed by atoms with van der Waals surface area (Å²) in [6, 6.07) is 13.3. The summed E-state index contributed by atoms with van der Waals surface area (Å²) in [6.45, 7) is 2.08. The monoisotopic (exact) mass is 488 g/mol. The fourth-order valence-corrected chi connectivity index (χ4v) is 3.17. The molecule has 22 heavy (non-hydrogen) atoms. The Morgan fingerprint density at radius 1 is 1.27 bits per heavy atom. The molecule has 0 heterocycles. The molecule has 1 amide bonds. The van der Waals surface area contributed by atoms with Gasteiger partial charge in [0.25, 0.3) is 5.91 Å². The molecule has 3 nitrogen and oxygen atoms in total. The molecule has 2 rings (SSSR count). The molecular formula is C16H14BrIN2OS. The standard InChI is InChI=1S/C16H14BrIN2OS/c1-2-10-9-11(18)7-8-14(10)19-16(22)20-15(21)12-5-3-4-6-13(12)17/h3-9H,2H2,1H3,(H2,19,20,21,22). The summed E-state index contributed by atoms with van der Waals surface area (Å²) >= 11 is 10.9. The van der Waals surface area contributed by atoms with Gasteiger partial charge in [-0.25, -0.2) is 0 Å². The molecule has 2 aromatic carbocycles. The van der Waals surface area contributed by atoms with Crippen LogP contribution in [0.15, 0.2) is 46.9 Å². The highest BCUT2D eigenvalue weighted by atomic mass is 127. The molecule has 114 valence electrons. The van der Waals surface area contributed by atoms with E-state index in [2.05, 4.69) is 62.1 Å². The molecule has 2 aromatic rings. The highest BCUT2D eigenvalue weighted by Gasteiger charge is 2.11. The van der Waals surface area contributed by atoms with Crippen LogP contribution in [0.2, 0.25) is 0 Å². The predicted molar refractivity (Wildman–Crippen MR) is 106 cm³/mol. The summed E-state index contributed by atoms with van der Waals surface area (Å²) < 4.78 is 1.90. The number of benzene rings is 2. The minimum absolute atomic E-state index is 0.242. The molecule has 0 radical (unpaired) electrons. The molecule has 0 unspecified atom stereocenters. The van der Waals surface area contributed by atoms with Crippen LogP contribution in [0.3, 0.4) is 0 Å². The second-order valence-corrected chi connectivity index (χ2v) is 7.05. The summed E-state index contributed by atoms with van der Waals surface area (Å²) in [5.74, 6) is -0.242. The van der Waals surface area contributed by atoms with Crippen molar-refractivity contribution in [3.63, 3.8) is 0 Å². The van der Waals surface area contributed by atoms with Crippen molar-refractivity contribution in [3.05, 3.63) is 61.6 Å². The molecule has 0 spiro atoms. The van der Waals surface area contributed by atoms with Crippen molar-refractivity contribution in [2.45, 2.75) is 13.3 Å². The van der Waals surface area contributed by atoms with E-state index in [9.17, 15) is 4.79 Å². The lowest BCUT2D eigenvalue weighted by Crippen LogP contribution is -2.34. The Labute approximate surface area is 157 Å². The van der Waals surface area contributed by atoms with Gasteiger partial charge in [0, 0.05) is 13.7 Å². The molecule has 0 saturated heterocycles. The van der Waals surface area contributed by atoms with E-state index in [-0.39, 0.29) is 11.0 Å². The zero-order chi connectivity index (χ0) is 16.1. The van der Waals surface area contributed by atoms with Crippen LogP contribution in [0.5, 0.6) is 0 Å². The molecule has 0 aliphatic heterocycles. The smallest absolute Gasteiger partial charge is 0.258 e. The van der Waals surface area contributed by atoms with Gasteiger partial charge in [-0.05, 0) is 93.1 Å². The summed E-state index contributed by atoms with van der Waals surface area (Å²) in [7, 11) is 0. The lowest BCUT2D eigenvalue weighted by Gasteiger charge is -2.13. The SMILES string of the molecule is CCc1cc(I)ccc1NC(=S)NC(=O)c1ccccc1Br. The molecule has 6 heteroatoms. The van der Waals surface area contributed by atoms with Crippen LogP contribution < -0.4 is 10.6 Å². The molecule has 0 aliphatic rings. The van der Waals surface area contributed by atoms with E-state index in [1.807, 2.05) is 30.3 Å². The third-order valence-corrected chi connectivity index (χ3v) is 4.61. The normalized spacial score (nSPS) is 10.1. The number of anilines is 1. The number of carbonyl (C=O) groups excluding carboxylic acids is 1. The highest BCUT2D eigenvalue weighted by molar-refractivity contribution is 14.1. The summed E-state index contributed by atoms with van der Waals surface area (Å²) in [5, 5.41) is 6.08. The zero-order valence-corrected chi connectivity index (χ0v) is 16.4. The van der Waals surface area contributed by atoms with Gasteiger partial charge in [-0.15, -0.1) is 0 Å². The third-order valence-electron chi connectivity index (χ3n) is 3.04. The number of thiocarbonyl (C=S) groups is 1. The van der Waals surface area contributed by atoms with E-state index in [1.165, 1.54) is 3.57 Å². The van der Waals surface area contributed by atoms with Crippen molar-refractivity contribution in [3.8, 4) is 0 Å². The first-order valence-corrected chi connectivity index (χ1v) is 8.94. The van der Waals surface area contributed by atoms with E-state index in [1.54, 1.807) is 6.07 Å². The fraction of sp³-hybridized carbons (Fsp3) is 0.125. The second kappa shape index (κ2) is 8.03. The Hall–Kier alpha value is -0.990. The van der Waals surface area contributed by atoms with Crippen molar-refractivity contribution in [2.24, 2.45) is 0 Å². The van der Waals surface area contributed by atoms with Gasteiger partial charge < -0.3 is 5.32 Å². The topological polar surface area (TPSA) is 41.1 Å². The molecule has 0 aromatic heterocycles. The summed E-state index contributed by atoms with van der Waals surface area (Å²) in [5.41, 5.74) is 2.62. The van der Waals surface area contributed by atoms with Crippen LogP contribution in [0, 0.1) is 3.57 Å². The van der Waals surface area contributed by atoms with Gasteiger partial charge in [0.1, 0.15) is 0 Å².